The molecule has 0 saturated carbocycles. The second kappa shape index (κ2) is 6.76. The van der Waals surface area contributed by atoms with Gasteiger partial charge in [0.25, 0.3) is 5.56 Å². The van der Waals surface area contributed by atoms with Crippen LogP contribution in [0, 0.1) is 6.92 Å². The summed E-state index contributed by atoms with van der Waals surface area (Å²) < 4.78 is 6.71. The Morgan fingerprint density at radius 3 is 2.75 bits per heavy atom. The van der Waals surface area contributed by atoms with Crippen molar-refractivity contribution < 1.29 is 4.74 Å². The number of nitrogens with zero attached hydrogens (tertiary/aromatic N) is 2. The fourth-order valence-corrected chi connectivity index (χ4v) is 2.56. The highest BCUT2D eigenvalue weighted by Crippen LogP contribution is 2.26. The summed E-state index contributed by atoms with van der Waals surface area (Å²) in [6, 6.07) is 14.5. The third kappa shape index (κ3) is 3.12. The molecule has 0 saturated heterocycles. The summed E-state index contributed by atoms with van der Waals surface area (Å²) in [7, 11) is 1.59. The minimum absolute atomic E-state index is 0.187. The van der Waals surface area contributed by atoms with Gasteiger partial charge in [-0.05, 0) is 37.3 Å². The molecular formula is C18H16ClN3O2. The minimum atomic E-state index is -0.187. The van der Waals surface area contributed by atoms with Crippen LogP contribution in [0.2, 0.25) is 5.02 Å². The number of nitrogens with one attached hydrogen (secondary N) is 1. The minimum Gasteiger partial charge on any atom is -0.494 e. The van der Waals surface area contributed by atoms with Crippen LogP contribution in [0.5, 0.6) is 5.75 Å². The van der Waals surface area contributed by atoms with Gasteiger partial charge in [-0.25, -0.2) is 4.68 Å². The Morgan fingerprint density at radius 2 is 2.00 bits per heavy atom. The summed E-state index contributed by atoms with van der Waals surface area (Å²) in [5.41, 5.74) is 2.36. The maximum absolute atomic E-state index is 12.6. The molecular weight excluding hydrogens is 326 g/mol. The van der Waals surface area contributed by atoms with Crippen molar-refractivity contribution in [1.82, 2.24) is 9.78 Å². The fraction of sp³-hybridized carbons (Fsp3) is 0.111. The van der Waals surface area contributed by atoms with Crippen LogP contribution in [-0.2, 0) is 0 Å². The lowest BCUT2D eigenvalue weighted by molar-refractivity contribution is 0.416. The Morgan fingerprint density at radius 1 is 1.21 bits per heavy atom. The number of para-hydroxylation sites is 2. The van der Waals surface area contributed by atoms with Gasteiger partial charge in [0.05, 0.1) is 18.4 Å². The number of aromatic nitrogens is 2. The summed E-state index contributed by atoms with van der Waals surface area (Å²) in [5.74, 6) is 0.650. The predicted octanol–water partition coefficient (Wildman–Crippen LogP) is 3.89. The first-order chi connectivity index (χ1) is 11.6. The first-order valence-electron chi connectivity index (χ1n) is 7.35. The largest absolute Gasteiger partial charge is 0.494 e. The third-order valence-electron chi connectivity index (χ3n) is 3.60. The van der Waals surface area contributed by atoms with E-state index < -0.39 is 0 Å². The zero-order chi connectivity index (χ0) is 17.1. The average Bonchev–Trinajstić information content (AvgIpc) is 2.87. The number of rotatable bonds is 4. The Hall–Kier alpha value is -2.79. The van der Waals surface area contributed by atoms with E-state index in [-0.39, 0.29) is 5.56 Å². The molecule has 24 heavy (non-hydrogen) atoms. The molecule has 0 bridgehead atoms. The van der Waals surface area contributed by atoms with Crippen LogP contribution in [-0.4, -0.2) is 23.1 Å². The number of benzene rings is 2. The van der Waals surface area contributed by atoms with Gasteiger partial charge in [-0.1, -0.05) is 29.8 Å². The van der Waals surface area contributed by atoms with Gasteiger partial charge in [-0.15, -0.1) is 0 Å². The lowest BCUT2D eigenvalue weighted by Crippen LogP contribution is -2.17. The smallest absolute Gasteiger partial charge is 0.280 e. The highest BCUT2D eigenvalue weighted by atomic mass is 35.5. The number of methoxy groups -OCH3 is 1. The molecule has 0 aliphatic rings. The Labute approximate surface area is 144 Å². The second-order valence-electron chi connectivity index (χ2n) is 5.20. The van der Waals surface area contributed by atoms with Crippen molar-refractivity contribution in [1.29, 1.82) is 0 Å². The van der Waals surface area contributed by atoms with Gasteiger partial charge >= 0.3 is 0 Å². The normalized spacial score (nSPS) is 11.1. The number of aromatic amines is 1. The zero-order valence-electron chi connectivity index (χ0n) is 13.3. The maximum Gasteiger partial charge on any atom is 0.280 e. The van der Waals surface area contributed by atoms with Gasteiger partial charge in [0, 0.05) is 16.9 Å². The first-order valence-corrected chi connectivity index (χ1v) is 7.72. The van der Waals surface area contributed by atoms with Crippen LogP contribution in [0.3, 0.4) is 0 Å². The molecule has 0 atom stereocenters. The number of aryl methyl sites for hydroxylation is 1. The van der Waals surface area contributed by atoms with E-state index in [0.29, 0.717) is 27.7 Å². The van der Waals surface area contributed by atoms with Crippen LogP contribution in [0.1, 0.15) is 11.3 Å². The molecule has 122 valence electrons. The van der Waals surface area contributed by atoms with Gasteiger partial charge in [-0.3, -0.25) is 14.9 Å². The second-order valence-corrected chi connectivity index (χ2v) is 5.64. The predicted molar refractivity (Wildman–Crippen MR) is 96.4 cm³/mol. The molecule has 1 heterocycles. The van der Waals surface area contributed by atoms with Gasteiger partial charge < -0.3 is 4.74 Å². The van der Waals surface area contributed by atoms with E-state index in [9.17, 15) is 4.79 Å². The molecule has 0 aliphatic heterocycles. The van der Waals surface area contributed by atoms with Crippen molar-refractivity contribution >= 4 is 23.5 Å². The van der Waals surface area contributed by atoms with Crippen molar-refractivity contribution in [3.8, 4) is 11.4 Å². The molecule has 1 N–H and O–H groups in total. The SMILES string of the molecule is COc1ccccc1N=Cc1c(C)[nH]n(-c2cccc(Cl)c2)c1=O. The lowest BCUT2D eigenvalue weighted by atomic mass is 10.2. The topological polar surface area (TPSA) is 59.4 Å². The highest BCUT2D eigenvalue weighted by molar-refractivity contribution is 6.30. The molecule has 0 spiro atoms. The highest BCUT2D eigenvalue weighted by Gasteiger charge is 2.11. The van der Waals surface area contributed by atoms with Gasteiger partial charge in [0.2, 0.25) is 0 Å². The summed E-state index contributed by atoms with van der Waals surface area (Å²) in [5, 5.41) is 3.61. The molecule has 0 amide bonds. The molecule has 6 heteroatoms. The third-order valence-corrected chi connectivity index (χ3v) is 3.84. The molecule has 1 aromatic heterocycles. The van der Waals surface area contributed by atoms with E-state index in [2.05, 4.69) is 10.1 Å². The van der Waals surface area contributed by atoms with Crippen molar-refractivity contribution in [2.45, 2.75) is 6.92 Å². The summed E-state index contributed by atoms with van der Waals surface area (Å²) in [6.07, 6.45) is 1.55. The molecule has 2 aromatic carbocycles. The standard InChI is InChI=1S/C18H16ClN3O2/c1-12-15(11-20-16-8-3-4-9-17(16)24-2)18(23)22(21-12)14-7-5-6-13(19)10-14/h3-11,21H,1-2H3. The van der Waals surface area contributed by atoms with E-state index in [0.717, 1.165) is 5.69 Å². The zero-order valence-corrected chi connectivity index (χ0v) is 14.0. The van der Waals surface area contributed by atoms with Gasteiger partial charge in [-0.2, -0.15) is 0 Å². The Kier molecular flexibility index (Phi) is 4.53. The summed E-state index contributed by atoms with van der Waals surface area (Å²) in [6.45, 7) is 1.83. The van der Waals surface area contributed by atoms with Gasteiger partial charge in [0.15, 0.2) is 0 Å². The van der Waals surface area contributed by atoms with Crippen LogP contribution >= 0.6 is 11.6 Å². The Balaban J connectivity index is 2.01. The molecule has 0 radical (unpaired) electrons. The maximum atomic E-state index is 12.6. The summed E-state index contributed by atoms with van der Waals surface area (Å²) in [4.78, 5) is 17.0. The number of hydrogen-bond acceptors (Lipinski definition) is 3. The quantitative estimate of drug-likeness (QED) is 0.732. The number of ether oxygens (including phenoxy) is 1. The molecule has 5 nitrogen and oxygen atoms in total. The number of aliphatic imine (C=N–C) groups is 1. The molecule has 3 aromatic rings. The van der Waals surface area contributed by atoms with E-state index in [1.807, 2.05) is 37.3 Å². The van der Waals surface area contributed by atoms with E-state index in [1.165, 1.54) is 4.68 Å². The summed E-state index contributed by atoms with van der Waals surface area (Å²) >= 11 is 6.00. The van der Waals surface area contributed by atoms with E-state index >= 15 is 0 Å². The first kappa shape index (κ1) is 16.1. The van der Waals surface area contributed by atoms with Crippen LogP contribution < -0.4 is 10.3 Å². The average molecular weight is 342 g/mol. The molecule has 3 rings (SSSR count). The fourth-order valence-electron chi connectivity index (χ4n) is 2.38. The van der Waals surface area contributed by atoms with Crippen molar-refractivity contribution in [2.24, 2.45) is 4.99 Å². The Bertz CT molecular complexity index is 957. The van der Waals surface area contributed by atoms with Crippen molar-refractivity contribution in [2.75, 3.05) is 7.11 Å². The number of H-pyrrole nitrogens is 1. The van der Waals surface area contributed by atoms with Crippen LogP contribution in [0.25, 0.3) is 5.69 Å². The molecule has 0 aliphatic carbocycles. The van der Waals surface area contributed by atoms with Gasteiger partial charge in [0.1, 0.15) is 11.4 Å². The number of halogens is 1. The monoisotopic (exact) mass is 341 g/mol. The van der Waals surface area contributed by atoms with Crippen LogP contribution in [0.4, 0.5) is 5.69 Å². The lowest BCUT2D eigenvalue weighted by Gasteiger charge is -2.02. The number of hydrogen-bond donors (Lipinski definition) is 1. The van der Waals surface area contributed by atoms with E-state index in [4.69, 9.17) is 16.3 Å². The molecule has 0 unspecified atom stereocenters. The van der Waals surface area contributed by atoms with E-state index in [1.54, 1.807) is 31.5 Å². The van der Waals surface area contributed by atoms with Crippen molar-refractivity contribution in [3.05, 3.63) is 75.2 Å². The van der Waals surface area contributed by atoms with Crippen molar-refractivity contribution in [3.63, 3.8) is 0 Å². The van der Waals surface area contributed by atoms with Crippen LogP contribution in [0.15, 0.2) is 58.3 Å². The molecule has 0 fully saturated rings.